The lowest BCUT2D eigenvalue weighted by molar-refractivity contribution is -0.0164. The van der Waals surface area contributed by atoms with E-state index in [1.807, 2.05) is 41.5 Å². The van der Waals surface area contributed by atoms with E-state index >= 15 is 0 Å². The van der Waals surface area contributed by atoms with Crippen LogP contribution < -0.4 is 0 Å². The number of rotatable bonds is 5. The highest BCUT2D eigenvalue weighted by molar-refractivity contribution is 5.68. The molecule has 0 saturated heterocycles. The monoisotopic (exact) mass is 271 g/mol. The Morgan fingerprint density at radius 3 is 2.11 bits per heavy atom. The van der Waals surface area contributed by atoms with Gasteiger partial charge < -0.3 is 14.7 Å². The van der Waals surface area contributed by atoms with Gasteiger partial charge in [0.1, 0.15) is 5.60 Å². The molecule has 112 valence electrons. The van der Waals surface area contributed by atoms with Crippen LogP contribution in [0.5, 0.6) is 0 Å². The number of carbonyl (C=O) groups is 1. The van der Waals surface area contributed by atoms with Gasteiger partial charge in [0, 0.05) is 13.0 Å². The van der Waals surface area contributed by atoms with E-state index in [0.29, 0.717) is 0 Å². The number of likely N-dealkylation sites (N-methyl/N-ethyl adjacent to an activating group) is 1. The average Bonchev–Trinajstić information content (AvgIpc) is 2.24. The maximum Gasteiger partial charge on any atom is 0.410 e. The number of hydrogen-bond donors (Lipinski definition) is 1. The third-order valence-corrected chi connectivity index (χ3v) is 3.07. The zero-order valence-electron chi connectivity index (χ0n) is 13.3. The Balaban J connectivity index is 4.99. The van der Waals surface area contributed by atoms with Crippen molar-refractivity contribution in [3.05, 3.63) is 12.7 Å². The van der Waals surface area contributed by atoms with Gasteiger partial charge in [0.2, 0.25) is 0 Å². The van der Waals surface area contributed by atoms with E-state index in [-0.39, 0.29) is 17.9 Å². The lowest BCUT2D eigenvalue weighted by Gasteiger charge is -2.37. The van der Waals surface area contributed by atoms with E-state index < -0.39 is 17.8 Å². The molecule has 0 unspecified atom stereocenters. The molecule has 1 amide bonds. The quantitative estimate of drug-likeness (QED) is 0.782. The molecule has 0 bridgehead atoms. The molecule has 0 aromatic carbocycles. The standard InChI is InChI=1S/C15H29NO3/c1-9-11(4)13(17)12(10(2)3)16(8)14(18)19-15(5,6)7/h9-13,17H,1H2,2-8H3/t11-,12-,13+/m0/s1. The number of aliphatic hydroxyl groups is 1. The lowest BCUT2D eigenvalue weighted by Crippen LogP contribution is -2.51. The Morgan fingerprint density at radius 1 is 1.32 bits per heavy atom. The second kappa shape index (κ2) is 6.94. The topological polar surface area (TPSA) is 49.8 Å². The first-order chi connectivity index (χ1) is 8.51. The smallest absolute Gasteiger partial charge is 0.410 e. The Kier molecular flexibility index (Phi) is 6.57. The Bertz CT molecular complexity index is 307. The maximum atomic E-state index is 12.1. The van der Waals surface area contributed by atoms with Gasteiger partial charge in [0.25, 0.3) is 0 Å². The molecule has 0 spiro atoms. The number of amides is 1. The summed E-state index contributed by atoms with van der Waals surface area (Å²) < 4.78 is 5.34. The van der Waals surface area contributed by atoms with Crippen LogP contribution in [0.2, 0.25) is 0 Å². The summed E-state index contributed by atoms with van der Waals surface area (Å²) in [4.78, 5) is 13.6. The Morgan fingerprint density at radius 2 is 1.79 bits per heavy atom. The van der Waals surface area contributed by atoms with Crippen LogP contribution in [0.15, 0.2) is 12.7 Å². The van der Waals surface area contributed by atoms with E-state index in [1.165, 1.54) is 4.90 Å². The number of carbonyl (C=O) groups excluding carboxylic acids is 1. The zero-order valence-corrected chi connectivity index (χ0v) is 13.3. The first-order valence-corrected chi connectivity index (χ1v) is 6.77. The summed E-state index contributed by atoms with van der Waals surface area (Å²) in [5.74, 6) is 0.0344. The third kappa shape index (κ3) is 5.64. The van der Waals surface area contributed by atoms with Gasteiger partial charge in [-0.2, -0.15) is 0 Å². The number of ether oxygens (including phenoxy) is 1. The van der Waals surface area contributed by atoms with Gasteiger partial charge in [-0.15, -0.1) is 6.58 Å². The Labute approximate surface area is 117 Å². The van der Waals surface area contributed by atoms with E-state index in [4.69, 9.17) is 4.74 Å². The molecular formula is C15H29NO3. The average molecular weight is 271 g/mol. The molecule has 0 heterocycles. The predicted octanol–water partition coefficient (Wildman–Crippen LogP) is 3.06. The van der Waals surface area contributed by atoms with Gasteiger partial charge in [0.05, 0.1) is 12.1 Å². The van der Waals surface area contributed by atoms with Gasteiger partial charge in [-0.3, -0.25) is 0 Å². The summed E-state index contributed by atoms with van der Waals surface area (Å²) in [6.45, 7) is 15.0. The second-order valence-electron chi connectivity index (χ2n) is 6.41. The molecular weight excluding hydrogens is 242 g/mol. The minimum Gasteiger partial charge on any atom is -0.444 e. The molecule has 0 rings (SSSR count). The van der Waals surface area contributed by atoms with Crippen LogP contribution in [0.25, 0.3) is 0 Å². The van der Waals surface area contributed by atoms with Crippen molar-refractivity contribution in [2.24, 2.45) is 11.8 Å². The fourth-order valence-corrected chi connectivity index (χ4v) is 1.98. The zero-order chi connectivity index (χ0) is 15.4. The minimum absolute atomic E-state index is 0.0858. The predicted molar refractivity (Wildman–Crippen MR) is 78.0 cm³/mol. The second-order valence-corrected chi connectivity index (χ2v) is 6.41. The van der Waals surface area contributed by atoms with Gasteiger partial charge in [0.15, 0.2) is 0 Å². The van der Waals surface area contributed by atoms with Crippen molar-refractivity contribution < 1.29 is 14.6 Å². The summed E-state index contributed by atoms with van der Waals surface area (Å²) >= 11 is 0. The van der Waals surface area contributed by atoms with Crippen molar-refractivity contribution in [2.45, 2.75) is 59.3 Å². The summed E-state index contributed by atoms with van der Waals surface area (Å²) in [5, 5.41) is 10.3. The number of aliphatic hydroxyl groups excluding tert-OH is 1. The fourth-order valence-electron chi connectivity index (χ4n) is 1.98. The van der Waals surface area contributed by atoms with E-state index in [2.05, 4.69) is 6.58 Å². The molecule has 0 aliphatic heterocycles. The normalized spacial score (nSPS) is 16.7. The molecule has 0 fully saturated rings. The largest absolute Gasteiger partial charge is 0.444 e. The van der Waals surface area contributed by atoms with Crippen LogP contribution in [0.3, 0.4) is 0 Å². The molecule has 0 aliphatic rings. The molecule has 1 N–H and O–H groups in total. The van der Waals surface area contributed by atoms with E-state index in [1.54, 1.807) is 13.1 Å². The maximum absolute atomic E-state index is 12.1. The van der Waals surface area contributed by atoms with Crippen molar-refractivity contribution >= 4 is 6.09 Å². The molecule has 19 heavy (non-hydrogen) atoms. The van der Waals surface area contributed by atoms with Crippen molar-refractivity contribution in [1.82, 2.24) is 4.90 Å². The third-order valence-electron chi connectivity index (χ3n) is 3.07. The van der Waals surface area contributed by atoms with Gasteiger partial charge in [-0.25, -0.2) is 4.79 Å². The van der Waals surface area contributed by atoms with Gasteiger partial charge in [-0.1, -0.05) is 26.8 Å². The molecule has 0 saturated carbocycles. The highest BCUT2D eigenvalue weighted by Crippen LogP contribution is 2.22. The first kappa shape index (κ1) is 18.0. The number of nitrogens with zero attached hydrogens (tertiary/aromatic N) is 1. The molecule has 0 aliphatic carbocycles. The molecule has 0 aromatic rings. The molecule has 4 nitrogen and oxygen atoms in total. The first-order valence-electron chi connectivity index (χ1n) is 6.77. The van der Waals surface area contributed by atoms with Gasteiger partial charge >= 0.3 is 6.09 Å². The summed E-state index contributed by atoms with van der Waals surface area (Å²) in [7, 11) is 1.66. The van der Waals surface area contributed by atoms with Crippen molar-refractivity contribution in [2.75, 3.05) is 7.05 Å². The SMILES string of the molecule is C=C[C@H](C)[C@@H](O)[C@H](C(C)C)N(C)C(=O)OC(C)(C)C. The minimum atomic E-state index is -0.657. The number of hydrogen-bond acceptors (Lipinski definition) is 3. The van der Waals surface area contributed by atoms with E-state index in [0.717, 1.165) is 0 Å². The summed E-state index contributed by atoms with van der Waals surface area (Å²) in [5.41, 5.74) is -0.540. The summed E-state index contributed by atoms with van der Waals surface area (Å²) in [6, 6.07) is -0.303. The van der Waals surface area contributed by atoms with Crippen LogP contribution >= 0.6 is 0 Å². The van der Waals surface area contributed by atoms with Crippen LogP contribution in [0, 0.1) is 11.8 Å². The van der Waals surface area contributed by atoms with Crippen molar-refractivity contribution in [1.29, 1.82) is 0 Å². The highest BCUT2D eigenvalue weighted by atomic mass is 16.6. The van der Waals surface area contributed by atoms with Crippen molar-refractivity contribution in [3.8, 4) is 0 Å². The van der Waals surface area contributed by atoms with Gasteiger partial charge in [-0.05, 0) is 26.7 Å². The highest BCUT2D eigenvalue weighted by Gasteiger charge is 2.34. The summed E-state index contributed by atoms with van der Waals surface area (Å²) in [6.07, 6.45) is 0.625. The van der Waals surface area contributed by atoms with Crippen LogP contribution in [0.1, 0.15) is 41.5 Å². The fraction of sp³-hybridized carbons (Fsp3) is 0.800. The van der Waals surface area contributed by atoms with E-state index in [9.17, 15) is 9.90 Å². The van der Waals surface area contributed by atoms with Crippen molar-refractivity contribution in [3.63, 3.8) is 0 Å². The van der Waals surface area contributed by atoms with Crippen LogP contribution in [-0.2, 0) is 4.74 Å². The molecule has 0 aromatic heterocycles. The van der Waals surface area contributed by atoms with Crippen LogP contribution in [0.4, 0.5) is 4.79 Å². The van der Waals surface area contributed by atoms with Crippen LogP contribution in [-0.4, -0.2) is 40.9 Å². The lowest BCUT2D eigenvalue weighted by atomic mass is 9.89. The molecule has 0 radical (unpaired) electrons. The molecule has 4 heteroatoms. The molecule has 3 atom stereocenters. The Hall–Kier alpha value is -1.03.